The van der Waals surface area contributed by atoms with E-state index in [-0.39, 0.29) is 6.61 Å². The molecule has 3 heteroatoms. The monoisotopic (exact) mass is 246 g/mol. The van der Waals surface area contributed by atoms with Crippen molar-refractivity contribution in [2.24, 2.45) is 5.92 Å². The summed E-state index contributed by atoms with van der Waals surface area (Å²) in [6, 6.07) is 4.78. The van der Waals surface area contributed by atoms with Crippen LogP contribution in [0, 0.1) is 5.92 Å². The number of fused-ring (bicyclic) bond motifs is 2. The van der Waals surface area contributed by atoms with E-state index in [1.165, 1.54) is 19.3 Å². The summed E-state index contributed by atoms with van der Waals surface area (Å²) in [5, 5.41) is 9.40. The van der Waals surface area contributed by atoms with Gasteiger partial charge in [-0.25, -0.2) is 4.98 Å². The number of aliphatic hydroxyl groups is 1. The van der Waals surface area contributed by atoms with Crippen LogP contribution in [-0.2, 0) is 6.61 Å². The molecule has 0 aromatic carbocycles. The molecule has 1 aliphatic heterocycles. The summed E-state index contributed by atoms with van der Waals surface area (Å²) < 4.78 is 0. The first kappa shape index (κ1) is 12.0. The van der Waals surface area contributed by atoms with E-state index >= 15 is 0 Å². The van der Waals surface area contributed by atoms with E-state index in [2.05, 4.69) is 24.8 Å². The van der Waals surface area contributed by atoms with Gasteiger partial charge in [0.05, 0.1) is 6.61 Å². The molecule has 2 aliphatic rings. The molecule has 18 heavy (non-hydrogen) atoms. The summed E-state index contributed by atoms with van der Waals surface area (Å²) in [7, 11) is 0. The van der Waals surface area contributed by atoms with Crippen LogP contribution in [0.25, 0.3) is 0 Å². The van der Waals surface area contributed by atoms with Gasteiger partial charge in [0, 0.05) is 18.3 Å². The molecule has 2 fully saturated rings. The van der Waals surface area contributed by atoms with Crippen molar-refractivity contribution in [2.45, 2.75) is 51.7 Å². The van der Waals surface area contributed by atoms with Crippen molar-refractivity contribution < 1.29 is 5.11 Å². The van der Waals surface area contributed by atoms with E-state index < -0.39 is 0 Å². The third kappa shape index (κ3) is 2.01. The van der Waals surface area contributed by atoms with Crippen LogP contribution in [0.5, 0.6) is 0 Å². The molecule has 1 aliphatic carbocycles. The standard InChI is InChI=1S/C15H22N2O/c1-10(2)14-6-12(9-18)7-15(16-14)17-8-11-3-4-13(17)5-11/h6-7,10-11,13,18H,3-5,8-9H2,1-2H3. The molecule has 3 nitrogen and oxygen atoms in total. The minimum absolute atomic E-state index is 0.108. The van der Waals surface area contributed by atoms with Crippen molar-refractivity contribution in [3.05, 3.63) is 23.4 Å². The molecular formula is C15H22N2O. The van der Waals surface area contributed by atoms with Gasteiger partial charge in [0.15, 0.2) is 0 Å². The van der Waals surface area contributed by atoms with Crippen molar-refractivity contribution in [2.75, 3.05) is 11.4 Å². The van der Waals surface area contributed by atoms with Crippen LogP contribution in [0.4, 0.5) is 5.82 Å². The zero-order valence-electron chi connectivity index (χ0n) is 11.3. The number of rotatable bonds is 3. The van der Waals surface area contributed by atoms with Gasteiger partial charge in [-0.2, -0.15) is 0 Å². The minimum atomic E-state index is 0.108. The summed E-state index contributed by atoms with van der Waals surface area (Å²) in [6.07, 6.45) is 4.03. The molecule has 2 unspecified atom stereocenters. The van der Waals surface area contributed by atoms with E-state index in [4.69, 9.17) is 4.98 Å². The number of piperidine rings is 1. The number of nitrogens with zero attached hydrogens (tertiary/aromatic N) is 2. The first-order valence-corrected chi connectivity index (χ1v) is 7.05. The second kappa shape index (κ2) is 4.54. The fourth-order valence-electron chi connectivity index (χ4n) is 3.33. The first-order chi connectivity index (χ1) is 8.67. The molecule has 0 radical (unpaired) electrons. The Bertz CT molecular complexity index is 444. The van der Waals surface area contributed by atoms with Crippen molar-refractivity contribution in [3.63, 3.8) is 0 Å². The average molecular weight is 246 g/mol. The smallest absolute Gasteiger partial charge is 0.129 e. The normalized spacial score (nSPS) is 26.3. The van der Waals surface area contributed by atoms with Gasteiger partial charge in [-0.3, -0.25) is 0 Å². The fraction of sp³-hybridized carbons (Fsp3) is 0.667. The number of anilines is 1. The Hall–Kier alpha value is -1.09. The maximum atomic E-state index is 9.40. The molecule has 2 atom stereocenters. The van der Waals surface area contributed by atoms with E-state index in [0.717, 1.165) is 29.5 Å². The Balaban J connectivity index is 1.93. The van der Waals surface area contributed by atoms with Crippen molar-refractivity contribution in [1.82, 2.24) is 4.98 Å². The Morgan fingerprint density at radius 3 is 2.78 bits per heavy atom. The van der Waals surface area contributed by atoms with Crippen molar-refractivity contribution in [1.29, 1.82) is 0 Å². The lowest BCUT2D eigenvalue weighted by molar-refractivity contribution is 0.281. The van der Waals surface area contributed by atoms with Crippen LogP contribution >= 0.6 is 0 Å². The molecule has 1 saturated carbocycles. The molecule has 1 aromatic heterocycles. The molecule has 1 saturated heterocycles. The number of hydrogen-bond donors (Lipinski definition) is 1. The fourth-order valence-corrected chi connectivity index (χ4v) is 3.33. The van der Waals surface area contributed by atoms with E-state index in [9.17, 15) is 5.11 Å². The largest absolute Gasteiger partial charge is 0.392 e. The summed E-state index contributed by atoms with van der Waals surface area (Å²) in [6.45, 7) is 5.58. The Labute approximate surface area is 109 Å². The molecular weight excluding hydrogens is 224 g/mol. The number of aliphatic hydroxyl groups excluding tert-OH is 1. The van der Waals surface area contributed by atoms with Gasteiger partial charge in [0.2, 0.25) is 0 Å². The van der Waals surface area contributed by atoms with Gasteiger partial charge < -0.3 is 10.0 Å². The first-order valence-electron chi connectivity index (χ1n) is 7.05. The Kier molecular flexibility index (Phi) is 3.02. The third-order valence-electron chi connectivity index (χ3n) is 4.37. The van der Waals surface area contributed by atoms with Crippen molar-refractivity contribution in [3.8, 4) is 0 Å². The molecule has 1 aromatic rings. The zero-order chi connectivity index (χ0) is 12.7. The van der Waals surface area contributed by atoms with Crippen LogP contribution in [0.15, 0.2) is 12.1 Å². The Morgan fingerprint density at radius 1 is 1.39 bits per heavy atom. The number of pyridine rings is 1. The van der Waals surface area contributed by atoms with E-state index in [0.29, 0.717) is 12.0 Å². The molecule has 0 spiro atoms. The van der Waals surface area contributed by atoms with Crippen LogP contribution in [0.3, 0.4) is 0 Å². The Morgan fingerprint density at radius 2 is 2.22 bits per heavy atom. The van der Waals surface area contributed by atoms with Crippen LogP contribution < -0.4 is 4.90 Å². The summed E-state index contributed by atoms with van der Waals surface area (Å²) >= 11 is 0. The second-order valence-electron chi connectivity index (χ2n) is 6.06. The van der Waals surface area contributed by atoms with Gasteiger partial charge in [-0.1, -0.05) is 13.8 Å². The van der Waals surface area contributed by atoms with E-state index in [1.807, 2.05) is 6.07 Å². The summed E-state index contributed by atoms with van der Waals surface area (Å²) in [5.41, 5.74) is 2.09. The van der Waals surface area contributed by atoms with Gasteiger partial charge in [-0.05, 0) is 48.8 Å². The predicted octanol–water partition coefficient (Wildman–Crippen LogP) is 2.69. The van der Waals surface area contributed by atoms with E-state index in [1.54, 1.807) is 0 Å². The van der Waals surface area contributed by atoms with Gasteiger partial charge in [0.1, 0.15) is 5.82 Å². The highest BCUT2D eigenvalue weighted by molar-refractivity contribution is 5.46. The highest BCUT2D eigenvalue weighted by Crippen LogP contribution is 2.40. The quantitative estimate of drug-likeness (QED) is 0.890. The molecule has 98 valence electrons. The lowest BCUT2D eigenvalue weighted by Gasteiger charge is -2.29. The predicted molar refractivity (Wildman–Crippen MR) is 72.7 cm³/mol. The average Bonchev–Trinajstić information content (AvgIpc) is 3.00. The maximum absolute atomic E-state index is 9.40. The molecule has 0 amide bonds. The van der Waals surface area contributed by atoms with Crippen LogP contribution in [-0.4, -0.2) is 22.7 Å². The van der Waals surface area contributed by atoms with Gasteiger partial charge in [-0.15, -0.1) is 0 Å². The third-order valence-corrected chi connectivity index (χ3v) is 4.37. The SMILES string of the molecule is CC(C)c1cc(CO)cc(N2CC3CCC2C3)n1. The molecule has 1 N–H and O–H groups in total. The molecule has 3 rings (SSSR count). The second-order valence-corrected chi connectivity index (χ2v) is 6.06. The highest BCUT2D eigenvalue weighted by atomic mass is 16.3. The lowest BCUT2D eigenvalue weighted by atomic mass is 10.1. The lowest BCUT2D eigenvalue weighted by Crippen LogP contribution is -2.32. The maximum Gasteiger partial charge on any atom is 0.129 e. The van der Waals surface area contributed by atoms with Gasteiger partial charge >= 0.3 is 0 Å². The number of aromatic nitrogens is 1. The van der Waals surface area contributed by atoms with Crippen LogP contribution in [0.1, 0.15) is 50.3 Å². The van der Waals surface area contributed by atoms with Gasteiger partial charge in [0.25, 0.3) is 0 Å². The zero-order valence-corrected chi connectivity index (χ0v) is 11.3. The minimum Gasteiger partial charge on any atom is -0.392 e. The highest BCUT2D eigenvalue weighted by Gasteiger charge is 2.38. The van der Waals surface area contributed by atoms with Crippen LogP contribution in [0.2, 0.25) is 0 Å². The summed E-state index contributed by atoms with van der Waals surface area (Å²) in [5.74, 6) is 2.37. The number of hydrogen-bond acceptors (Lipinski definition) is 3. The molecule has 2 heterocycles. The van der Waals surface area contributed by atoms with Crippen molar-refractivity contribution >= 4 is 5.82 Å². The topological polar surface area (TPSA) is 36.4 Å². The summed E-state index contributed by atoms with van der Waals surface area (Å²) in [4.78, 5) is 7.25. The molecule has 2 bridgehead atoms.